The number of aliphatic hydroxyl groups is 1. The smallest absolute Gasteiger partial charge is 0.220 e. The summed E-state index contributed by atoms with van der Waals surface area (Å²) in [6, 6.07) is 0. The first kappa shape index (κ1) is 52.1. The van der Waals surface area contributed by atoms with Crippen molar-refractivity contribution in [2.45, 2.75) is 296 Å². The average Bonchev–Trinajstić information content (AvgIpc) is 3.16. The Kier molecular flexibility index (Phi) is 44.7. The van der Waals surface area contributed by atoms with E-state index in [1.54, 1.807) is 0 Å². The third-order valence-corrected chi connectivity index (χ3v) is 11.6. The summed E-state index contributed by atoms with van der Waals surface area (Å²) in [5, 5.41) is 13.2. The first-order valence-electron chi connectivity index (χ1n) is 24.6. The molecule has 53 heavy (non-hydrogen) atoms. The number of aliphatic hydroxyl groups excluding tert-OH is 1. The summed E-state index contributed by atoms with van der Waals surface area (Å²) in [5.41, 5.74) is 0. The lowest BCUT2D eigenvalue weighted by molar-refractivity contribution is -0.121. The van der Waals surface area contributed by atoms with Gasteiger partial charge in [-0.1, -0.05) is 245 Å². The van der Waals surface area contributed by atoms with E-state index in [4.69, 9.17) is 0 Å². The molecule has 0 saturated heterocycles. The maximum Gasteiger partial charge on any atom is 0.220 e. The van der Waals surface area contributed by atoms with E-state index in [-0.39, 0.29) is 5.91 Å². The van der Waals surface area contributed by atoms with Crippen molar-refractivity contribution in [3.63, 3.8) is 0 Å². The van der Waals surface area contributed by atoms with Gasteiger partial charge in [0.2, 0.25) is 5.91 Å². The highest BCUT2D eigenvalue weighted by Crippen LogP contribution is 2.17. The van der Waals surface area contributed by atoms with E-state index in [1.165, 1.54) is 218 Å². The highest BCUT2D eigenvalue weighted by Gasteiger charge is 2.07. The van der Waals surface area contributed by atoms with Crippen molar-refractivity contribution >= 4 is 11.7 Å². The van der Waals surface area contributed by atoms with Crippen LogP contribution >= 0.6 is 0 Å². The maximum atomic E-state index is 12.2. The van der Waals surface area contributed by atoms with Crippen molar-refractivity contribution in [2.24, 2.45) is 0 Å². The summed E-state index contributed by atoms with van der Waals surface area (Å²) in [6.45, 7) is 4.97. The van der Waals surface area contributed by atoms with Gasteiger partial charge in [-0.05, 0) is 25.7 Å². The van der Waals surface area contributed by atoms with Crippen LogP contribution in [0.5, 0.6) is 0 Å². The Hall–Kier alpha value is -0.900. The minimum absolute atomic E-state index is 0.0875. The average molecular weight is 748 g/mol. The van der Waals surface area contributed by atoms with Crippen LogP contribution in [0.3, 0.4) is 0 Å². The van der Waals surface area contributed by atoms with Gasteiger partial charge in [-0.15, -0.1) is 0 Å². The number of rotatable bonds is 46. The first-order valence-corrected chi connectivity index (χ1v) is 24.6. The molecule has 0 aromatic heterocycles. The summed E-state index contributed by atoms with van der Waals surface area (Å²) < 4.78 is 0. The van der Waals surface area contributed by atoms with E-state index in [0.717, 1.165) is 51.4 Å². The van der Waals surface area contributed by atoms with Gasteiger partial charge in [0.1, 0.15) is 5.78 Å². The van der Waals surface area contributed by atoms with Crippen molar-refractivity contribution in [3.05, 3.63) is 0 Å². The molecule has 2 N–H and O–H groups in total. The molecule has 0 radical (unpaired) electrons. The number of ketones is 1. The molecular formula is C49H97NO3. The van der Waals surface area contributed by atoms with E-state index < -0.39 is 6.10 Å². The Bertz CT molecular complexity index is 725. The molecule has 0 fully saturated rings. The number of carbonyl (C=O) groups excluding carboxylic acids is 2. The molecular weight excluding hydrogens is 651 g/mol. The monoisotopic (exact) mass is 748 g/mol. The van der Waals surface area contributed by atoms with Crippen LogP contribution in [0, 0.1) is 0 Å². The quantitative estimate of drug-likeness (QED) is 0.0609. The molecule has 1 amide bonds. The van der Waals surface area contributed by atoms with Crippen LogP contribution in [0.2, 0.25) is 0 Å². The summed E-state index contributed by atoms with van der Waals surface area (Å²) in [4.78, 5) is 24.4. The van der Waals surface area contributed by atoms with Crippen LogP contribution in [0.15, 0.2) is 0 Å². The minimum atomic E-state index is -0.407. The molecule has 0 spiro atoms. The van der Waals surface area contributed by atoms with E-state index in [9.17, 15) is 14.7 Å². The highest BCUT2D eigenvalue weighted by molar-refractivity contribution is 5.78. The third kappa shape index (κ3) is 45.4. The second-order valence-electron chi connectivity index (χ2n) is 17.1. The zero-order valence-electron chi connectivity index (χ0n) is 36.5. The van der Waals surface area contributed by atoms with Crippen LogP contribution in [0.25, 0.3) is 0 Å². The Balaban J connectivity index is 3.31. The lowest BCUT2D eigenvalue weighted by Crippen LogP contribution is -2.31. The molecule has 0 aromatic rings. The topological polar surface area (TPSA) is 66.4 Å². The summed E-state index contributed by atoms with van der Waals surface area (Å²) in [7, 11) is 0. The Labute approximate surface area is 333 Å². The van der Waals surface area contributed by atoms with Crippen molar-refractivity contribution in [1.29, 1.82) is 0 Å². The van der Waals surface area contributed by atoms with Crippen molar-refractivity contribution < 1.29 is 14.7 Å². The van der Waals surface area contributed by atoms with Crippen molar-refractivity contribution in [1.82, 2.24) is 5.32 Å². The second kappa shape index (κ2) is 45.5. The summed E-state index contributed by atoms with van der Waals surface area (Å²) in [6.07, 6.45) is 54.0. The third-order valence-electron chi connectivity index (χ3n) is 11.6. The first-order chi connectivity index (χ1) is 26.1. The fraction of sp³-hybridized carbons (Fsp3) is 0.959. The van der Waals surface area contributed by atoms with E-state index in [0.29, 0.717) is 18.7 Å². The van der Waals surface area contributed by atoms with E-state index in [2.05, 4.69) is 19.2 Å². The lowest BCUT2D eigenvalue weighted by atomic mass is 10.0. The predicted molar refractivity (Wildman–Crippen MR) is 234 cm³/mol. The molecule has 4 nitrogen and oxygen atoms in total. The van der Waals surface area contributed by atoms with Gasteiger partial charge in [-0.25, -0.2) is 0 Å². The van der Waals surface area contributed by atoms with Crippen LogP contribution in [-0.4, -0.2) is 29.4 Å². The van der Waals surface area contributed by atoms with Crippen molar-refractivity contribution in [3.8, 4) is 0 Å². The van der Waals surface area contributed by atoms with Crippen LogP contribution in [0.1, 0.15) is 290 Å². The van der Waals surface area contributed by atoms with Gasteiger partial charge >= 0.3 is 0 Å². The van der Waals surface area contributed by atoms with E-state index >= 15 is 0 Å². The normalized spacial score (nSPS) is 12.1. The zero-order chi connectivity index (χ0) is 38.6. The fourth-order valence-corrected chi connectivity index (χ4v) is 7.84. The molecule has 0 bridgehead atoms. The molecule has 316 valence electrons. The molecule has 0 aliphatic carbocycles. The fourth-order valence-electron chi connectivity index (χ4n) is 7.84. The Morgan fingerprint density at radius 1 is 0.358 bits per heavy atom. The molecule has 4 heteroatoms. The molecule has 0 heterocycles. The Morgan fingerprint density at radius 2 is 0.604 bits per heavy atom. The van der Waals surface area contributed by atoms with Crippen molar-refractivity contribution in [2.75, 3.05) is 6.54 Å². The zero-order valence-corrected chi connectivity index (χ0v) is 36.5. The van der Waals surface area contributed by atoms with Gasteiger partial charge in [-0.3, -0.25) is 9.59 Å². The SMILES string of the molecule is CCCCCCCCCCCCCCCCCCCC(=O)CCCCCCCCCCC(=O)NC[C@@H](O)CCCCCCCCCCCCCCCC. The molecule has 1 atom stereocenters. The number of Topliss-reactive ketones (excluding diaryl/α,β-unsaturated/α-hetero) is 1. The minimum Gasteiger partial charge on any atom is -0.391 e. The standard InChI is InChI=1S/C49H97NO3/c1-3-5-7-9-11-13-15-17-19-20-21-23-24-26-30-34-38-42-47(51)43-39-35-31-28-29-33-37-41-45-49(53)50-46-48(52)44-40-36-32-27-25-22-18-16-14-12-10-8-6-4-2/h48,52H,3-46H2,1-2H3,(H,50,53)/t48-/m0/s1. The van der Waals surface area contributed by atoms with Gasteiger partial charge in [0, 0.05) is 25.8 Å². The van der Waals surface area contributed by atoms with Gasteiger partial charge in [-0.2, -0.15) is 0 Å². The predicted octanol–water partition coefficient (Wildman–Crippen LogP) is 15.8. The largest absolute Gasteiger partial charge is 0.391 e. The Morgan fingerprint density at radius 3 is 0.906 bits per heavy atom. The number of amides is 1. The summed E-state index contributed by atoms with van der Waals surface area (Å²) >= 11 is 0. The summed E-state index contributed by atoms with van der Waals surface area (Å²) in [5.74, 6) is 0.566. The van der Waals surface area contributed by atoms with Crippen LogP contribution in [0.4, 0.5) is 0 Å². The van der Waals surface area contributed by atoms with Gasteiger partial charge in [0.05, 0.1) is 6.10 Å². The molecule has 0 unspecified atom stereocenters. The lowest BCUT2D eigenvalue weighted by Gasteiger charge is -2.12. The van der Waals surface area contributed by atoms with Crippen LogP contribution in [-0.2, 0) is 9.59 Å². The van der Waals surface area contributed by atoms with Gasteiger partial charge in [0.25, 0.3) is 0 Å². The number of nitrogens with one attached hydrogen (secondary N) is 1. The van der Waals surface area contributed by atoms with Crippen LogP contribution < -0.4 is 5.32 Å². The number of unbranched alkanes of at least 4 members (excludes halogenated alkanes) is 36. The number of carbonyl (C=O) groups is 2. The van der Waals surface area contributed by atoms with E-state index in [1.807, 2.05) is 0 Å². The van der Waals surface area contributed by atoms with Gasteiger partial charge < -0.3 is 10.4 Å². The molecule has 0 aromatic carbocycles. The highest BCUT2D eigenvalue weighted by atomic mass is 16.3. The number of hydrogen-bond acceptors (Lipinski definition) is 3. The number of hydrogen-bond donors (Lipinski definition) is 2. The molecule has 0 aliphatic rings. The maximum absolute atomic E-state index is 12.2. The molecule has 0 rings (SSSR count). The molecule has 0 aliphatic heterocycles. The second-order valence-corrected chi connectivity index (χ2v) is 17.1. The van der Waals surface area contributed by atoms with Gasteiger partial charge in [0.15, 0.2) is 0 Å². The molecule has 0 saturated carbocycles.